The molecule has 128 valence electrons. The smallest absolute Gasteiger partial charge is 0.283 e. The van der Waals surface area contributed by atoms with Gasteiger partial charge < -0.3 is 5.32 Å². The first-order valence-corrected chi connectivity index (χ1v) is 8.55. The Labute approximate surface area is 139 Å². The van der Waals surface area contributed by atoms with Crippen LogP contribution in [0.1, 0.15) is 50.4 Å². The fraction of sp³-hybridized carbons (Fsp3) is 0.750. The lowest BCUT2D eigenvalue weighted by Crippen LogP contribution is -2.41. The number of fused-ring (bicyclic) bond motifs is 2. The van der Waals surface area contributed by atoms with Crippen LogP contribution in [0.5, 0.6) is 0 Å². The molecule has 4 nitrogen and oxygen atoms in total. The summed E-state index contributed by atoms with van der Waals surface area (Å²) in [5, 5.41) is 6.71. The number of rotatable bonds is 5. The zero-order valence-corrected chi connectivity index (χ0v) is 14.1. The number of hydrogen-bond donors (Lipinski definition) is 1. The van der Waals surface area contributed by atoms with Gasteiger partial charge in [-0.15, -0.1) is 0 Å². The minimum atomic E-state index is -2.74. The summed E-state index contributed by atoms with van der Waals surface area (Å²) >= 11 is 5.85. The minimum absolute atomic E-state index is 0.0612. The first-order chi connectivity index (χ1) is 10.9. The Bertz CT molecular complexity index is 604. The van der Waals surface area contributed by atoms with Crippen LogP contribution in [-0.2, 0) is 11.3 Å². The van der Waals surface area contributed by atoms with Gasteiger partial charge in [0, 0.05) is 6.04 Å². The highest BCUT2D eigenvalue weighted by Crippen LogP contribution is 2.49. The van der Waals surface area contributed by atoms with Crippen LogP contribution < -0.4 is 5.32 Å². The third-order valence-electron chi connectivity index (χ3n) is 5.48. The molecule has 7 heteroatoms. The number of nitrogens with zero attached hydrogens (tertiary/aromatic N) is 2. The molecule has 1 N–H and O–H groups in total. The first kappa shape index (κ1) is 16.7. The first-order valence-electron chi connectivity index (χ1n) is 8.17. The molecule has 3 rings (SSSR count). The molecule has 2 bridgehead atoms. The second-order valence-corrected chi connectivity index (χ2v) is 7.32. The summed E-state index contributed by atoms with van der Waals surface area (Å²) in [6, 6.07) is 0.110. The van der Waals surface area contributed by atoms with Crippen molar-refractivity contribution in [1.82, 2.24) is 15.1 Å². The van der Waals surface area contributed by atoms with E-state index in [1.54, 1.807) is 6.92 Å². The molecule has 1 aromatic heterocycles. The van der Waals surface area contributed by atoms with Crippen molar-refractivity contribution >= 4 is 17.5 Å². The summed E-state index contributed by atoms with van der Waals surface area (Å²) in [6.45, 7) is 3.55. The van der Waals surface area contributed by atoms with Gasteiger partial charge in [0.15, 0.2) is 0 Å². The normalized spacial score (nSPS) is 27.7. The Hall–Kier alpha value is -1.17. The topological polar surface area (TPSA) is 46.9 Å². The van der Waals surface area contributed by atoms with Crippen molar-refractivity contribution in [3.05, 3.63) is 16.4 Å². The largest absolute Gasteiger partial charge is 0.352 e. The Morgan fingerprint density at radius 2 is 2.17 bits per heavy atom. The summed E-state index contributed by atoms with van der Waals surface area (Å²) in [7, 11) is 0. The lowest BCUT2D eigenvalue weighted by atomic mass is 9.84. The van der Waals surface area contributed by atoms with E-state index in [1.807, 2.05) is 6.92 Å². The maximum Gasteiger partial charge on any atom is 0.283 e. The number of carbonyl (C=O) groups is 1. The zero-order valence-electron chi connectivity index (χ0n) is 13.4. The second kappa shape index (κ2) is 6.38. The number of aromatic nitrogens is 2. The summed E-state index contributed by atoms with van der Waals surface area (Å²) in [4.78, 5) is 12.2. The Morgan fingerprint density at radius 3 is 2.70 bits per heavy atom. The Balaban J connectivity index is 1.60. The molecular weight excluding hydrogens is 324 g/mol. The van der Waals surface area contributed by atoms with Crippen LogP contribution in [0.4, 0.5) is 8.78 Å². The summed E-state index contributed by atoms with van der Waals surface area (Å²) in [5.41, 5.74) is -0.0668. The van der Waals surface area contributed by atoms with Crippen LogP contribution in [0.3, 0.4) is 0 Å². The SMILES string of the molecule is Cc1c(Cl)c(C(F)F)nn1CC(=O)N[C@H](C)[C@@H]1C[C@@H]2CC[C@@H]1C2. The molecule has 2 fully saturated rings. The number of halogens is 3. The van der Waals surface area contributed by atoms with Gasteiger partial charge in [-0.2, -0.15) is 5.10 Å². The molecule has 0 spiro atoms. The predicted octanol–water partition coefficient (Wildman–Crippen LogP) is 3.72. The van der Waals surface area contributed by atoms with Gasteiger partial charge >= 0.3 is 0 Å². The maximum absolute atomic E-state index is 12.8. The van der Waals surface area contributed by atoms with Crippen molar-refractivity contribution in [2.45, 2.75) is 58.5 Å². The van der Waals surface area contributed by atoms with Crippen molar-refractivity contribution in [3.8, 4) is 0 Å². The third-order valence-corrected chi connectivity index (χ3v) is 5.95. The fourth-order valence-electron chi connectivity index (χ4n) is 4.29. The van der Waals surface area contributed by atoms with E-state index in [-0.39, 0.29) is 23.5 Å². The maximum atomic E-state index is 12.8. The molecule has 0 saturated heterocycles. The average molecular weight is 346 g/mol. The van der Waals surface area contributed by atoms with Gasteiger partial charge in [0.2, 0.25) is 5.91 Å². The standard InChI is InChI=1S/C16H22ClF2N3O/c1-8(12-6-10-3-4-11(12)5-10)20-13(23)7-22-9(2)14(17)15(21-22)16(18)19/h8,10-12,16H,3-7H2,1-2H3,(H,20,23)/t8-,10-,11-,12+/m1/s1. The van der Waals surface area contributed by atoms with E-state index in [0.717, 1.165) is 11.8 Å². The number of hydrogen-bond acceptors (Lipinski definition) is 2. The molecule has 1 amide bonds. The molecule has 2 aliphatic carbocycles. The van der Waals surface area contributed by atoms with Gasteiger partial charge in [-0.25, -0.2) is 8.78 Å². The zero-order chi connectivity index (χ0) is 16.7. The van der Waals surface area contributed by atoms with Crippen molar-refractivity contribution in [2.24, 2.45) is 17.8 Å². The van der Waals surface area contributed by atoms with Crippen molar-refractivity contribution < 1.29 is 13.6 Å². The van der Waals surface area contributed by atoms with Crippen LogP contribution in [0.15, 0.2) is 0 Å². The van der Waals surface area contributed by atoms with E-state index >= 15 is 0 Å². The molecule has 1 aromatic rings. The van der Waals surface area contributed by atoms with Crippen LogP contribution in [-0.4, -0.2) is 21.7 Å². The molecule has 0 radical (unpaired) electrons. The molecular formula is C16H22ClF2N3O. The molecule has 1 heterocycles. The third kappa shape index (κ3) is 3.23. The Morgan fingerprint density at radius 1 is 1.43 bits per heavy atom. The highest BCUT2D eigenvalue weighted by Gasteiger charge is 2.42. The molecule has 0 aliphatic heterocycles. The quantitative estimate of drug-likeness (QED) is 0.884. The van der Waals surface area contributed by atoms with Crippen molar-refractivity contribution in [1.29, 1.82) is 0 Å². The molecule has 4 atom stereocenters. The number of nitrogens with one attached hydrogen (secondary N) is 1. The molecule has 0 unspecified atom stereocenters. The lowest BCUT2D eigenvalue weighted by molar-refractivity contribution is -0.123. The van der Waals surface area contributed by atoms with Crippen molar-refractivity contribution in [3.63, 3.8) is 0 Å². The van der Waals surface area contributed by atoms with Gasteiger partial charge in [0.1, 0.15) is 12.2 Å². The fourth-order valence-corrected chi connectivity index (χ4v) is 4.51. The van der Waals surface area contributed by atoms with Gasteiger partial charge in [-0.1, -0.05) is 18.0 Å². The Kier molecular flexibility index (Phi) is 4.63. The number of amides is 1. The number of alkyl halides is 2. The summed E-state index contributed by atoms with van der Waals surface area (Å²) in [5.74, 6) is 1.88. The van der Waals surface area contributed by atoms with Gasteiger partial charge in [-0.3, -0.25) is 9.48 Å². The second-order valence-electron chi connectivity index (χ2n) is 6.94. The predicted molar refractivity (Wildman–Crippen MR) is 83.5 cm³/mol. The van der Waals surface area contributed by atoms with Gasteiger partial charge in [-0.05, 0) is 50.9 Å². The highest BCUT2D eigenvalue weighted by atomic mass is 35.5. The number of carbonyl (C=O) groups excluding carboxylic acids is 1. The monoisotopic (exact) mass is 345 g/mol. The van der Waals surface area contributed by atoms with E-state index in [0.29, 0.717) is 11.6 Å². The van der Waals surface area contributed by atoms with Gasteiger partial charge in [0.05, 0.1) is 10.7 Å². The average Bonchev–Trinajstić information content (AvgIpc) is 3.17. The molecule has 2 aliphatic rings. The van der Waals surface area contributed by atoms with Crippen molar-refractivity contribution in [2.75, 3.05) is 0 Å². The molecule has 0 aromatic carbocycles. The van der Waals surface area contributed by atoms with Crippen LogP contribution in [0, 0.1) is 24.7 Å². The van der Waals surface area contributed by atoms with E-state index in [4.69, 9.17) is 11.6 Å². The van der Waals surface area contributed by atoms with Gasteiger partial charge in [0.25, 0.3) is 6.43 Å². The van der Waals surface area contributed by atoms with Crippen LogP contribution in [0.25, 0.3) is 0 Å². The summed E-state index contributed by atoms with van der Waals surface area (Å²) in [6.07, 6.45) is 2.33. The van der Waals surface area contributed by atoms with E-state index in [9.17, 15) is 13.6 Å². The minimum Gasteiger partial charge on any atom is -0.352 e. The molecule has 23 heavy (non-hydrogen) atoms. The lowest BCUT2D eigenvalue weighted by Gasteiger charge is -2.28. The van der Waals surface area contributed by atoms with Crippen LogP contribution >= 0.6 is 11.6 Å². The van der Waals surface area contributed by atoms with E-state index in [1.165, 1.54) is 30.4 Å². The van der Waals surface area contributed by atoms with Crippen LogP contribution in [0.2, 0.25) is 5.02 Å². The summed E-state index contributed by atoms with van der Waals surface area (Å²) < 4.78 is 26.9. The molecule has 2 saturated carbocycles. The van der Waals surface area contributed by atoms with E-state index in [2.05, 4.69) is 10.4 Å². The van der Waals surface area contributed by atoms with E-state index < -0.39 is 12.1 Å². The highest BCUT2D eigenvalue weighted by molar-refractivity contribution is 6.31.